The highest BCUT2D eigenvalue weighted by atomic mass is 31.1. The topological polar surface area (TPSA) is 0 Å². The van der Waals surface area contributed by atoms with Gasteiger partial charge in [-0.25, -0.2) is 13.2 Å². The summed E-state index contributed by atoms with van der Waals surface area (Å²) in [5.74, 6) is -0.986. The van der Waals surface area contributed by atoms with Crippen molar-refractivity contribution in [2.75, 3.05) is 12.6 Å². The minimum Gasteiger partial charge on any atom is -0.246 e. The SMILES string of the molecule is CCCCP(CF)c1cc(F)ccc1F. The van der Waals surface area contributed by atoms with E-state index in [1.807, 2.05) is 6.92 Å². The van der Waals surface area contributed by atoms with E-state index < -0.39 is 26.0 Å². The average molecular weight is 234 g/mol. The molecule has 0 aliphatic carbocycles. The minimum atomic E-state index is -1.18. The largest absolute Gasteiger partial charge is 0.246 e. The normalized spacial score (nSPS) is 12.8. The van der Waals surface area contributed by atoms with Crippen molar-refractivity contribution in [3.63, 3.8) is 0 Å². The molecule has 0 spiro atoms. The van der Waals surface area contributed by atoms with Gasteiger partial charge in [-0.15, -0.1) is 0 Å². The van der Waals surface area contributed by atoms with Gasteiger partial charge in [0.15, 0.2) is 0 Å². The summed E-state index contributed by atoms with van der Waals surface area (Å²) in [6.07, 6.45) is 1.85. The first-order valence-corrected chi connectivity index (χ1v) is 6.66. The summed E-state index contributed by atoms with van der Waals surface area (Å²) in [6.45, 7) is 1.99. The van der Waals surface area contributed by atoms with Crippen LogP contribution in [0.4, 0.5) is 13.2 Å². The van der Waals surface area contributed by atoms with Gasteiger partial charge in [-0.1, -0.05) is 13.3 Å². The number of benzene rings is 1. The molecule has 1 rings (SSSR count). The van der Waals surface area contributed by atoms with E-state index in [0.29, 0.717) is 6.16 Å². The summed E-state index contributed by atoms with van der Waals surface area (Å²) in [5.41, 5.74) is 0. The summed E-state index contributed by atoms with van der Waals surface area (Å²) in [6, 6.07) is 3.25. The minimum absolute atomic E-state index is 0.223. The Labute approximate surface area is 89.3 Å². The van der Waals surface area contributed by atoms with Crippen molar-refractivity contribution in [2.24, 2.45) is 0 Å². The van der Waals surface area contributed by atoms with Crippen molar-refractivity contribution in [1.29, 1.82) is 0 Å². The molecular formula is C11H14F3P. The second kappa shape index (κ2) is 6.12. The summed E-state index contributed by atoms with van der Waals surface area (Å²) in [5, 5.41) is 0.223. The molecule has 0 saturated carbocycles. The quantitative estimate of drug-likeness (QED) is 0.680. The van der Waals surface area contributed by atoms with Gasteiger partial charge in [0.25, 0.3) is 0 Å². The van der Waals surface area contributed by atoms with Crippen LogP contribution in [0.3, 0.4) is 0 Å². The Bertz CT molecular complexity index is 315. The van der Waals surface area contributed by atoms with Crippen molar-refractivity contribution < 1.29 is 13.2 Å². The molecular weight excluding hydrogens is 220 g/mol. The van der Waals surface area contributed by atoms with Gasteiger partial charge in [-0.3, -0.25) is 0 Å². The Morgan fingerprint density at radius 3 is 2.60 bits per heavy atom. The van der Waals surface area contributed by atoms with E-state index in [1.54, 1.807) is 0 Å². The van der Waals surface area contributed by atoms with E-state index in [4.69, 9.17) is 0 Å². The molecule has 0 N–H and O–H groups in total. The molecule has 1 aromatic carbocycles. The van der Waals surface area contributed by atoms with Gasteiger partial charge in [-0.05, 0) is 38.7 Å². The van der Waals surface area contributed by atoms with Crippen molar-refractivity contribution in [3.05, 3.63) is 29.8 Å². The molecule has 0 fully saturated rings. The van der Waals surface area contributed by atoms with E-state index in [0.717, 1.165) is 31.0 Å². The molecule has 0 aliphatic heterocycles. The first-order chi connectivity index (χ1) is 7.19. The van der Waals surface area contributed by atoms with Gasteiger partial charge in [0, 0.05) is 5.30 Å². The Balaban J connectivity index is 2.85. The molecule has 4 heteroatoms. The van der Waals surface area contributed by atoms with Gasteiger partial charge in [0.1, 0.15) is 18.1 Å². The van der Waals surface area contributed by atoms with E-state index in [-0.39, 0.29) is 5.30 Å². The first-order valence-electron chi connectivity index (χ1n) is 4.95. The molecule has 0 aromatic heterocycles. The maximum atomic E-state index is 13.3. The second-order valence-electron chi connectivity index (χ2n) is 3.33. The smallest absolute Gasteiger partial charge is 0.131 e. The third kappa shape index (κ3) is 3.49. The standard InChI is InChI=1S/C11H14F3P/c1-2-3-6-15(8-12)11-7-9(13)4-5-10(11)14/h4-5,7H,2-3,6,8H2,1H3. The molecule has 0 aliphatic rings. The summed E-state index contributed by atoms with van der Waals surface area (Å²) >= 11 is 0. The molecule has 0 saturated heterocycles. The molecule has 1 unspecified atom stereocenters. The maximum Gasteiger partial charge on any atom is 0.131 e. The Morgan fingerprint density at radius 1 is 1.27 bits per heavy atom. The van der Waals surface area contributed by atoms with Crippen LogP contribution in [0.25, 0.3) is 0 Å². The lowest BCUT2D eigenvalue weighted by Crippen LogP contribution is -2.10. The zero-order valence-corrected chi connectivity index (χ0v) is 9.54. The predicted molar refractivity (Wildman–Crippen MR) is 58.7 cm³/mol. The number of halogens is 3. The fraction of sp³-hybridized carbons (Fsp3) is 0.455. The molecule has 0 heterocycles. The van der Waals surface area contributed by atoms with Crippen LogP contribution in [0.15, 0.2) is 18.2 Å². The van der Waals surface area contributed by atoms with E-state index in [2.05, 4.69) is 0 Å². The third-order valence-corrected chi connectivity index (χ3v) is 4.34. The van der Waals surface area contributed by atoms with Crippen LogP contribution in [0.1, 0.15) is 19.8 Å². The lowest BCUT2D eigenvalue weighted by Gasteiger charge is -2.14. The van der Waals surface area contributed by atoms with E-state index in [9.17, 15) is 13.2 Å². The predicted octanol–water partition coefficient (Wildman–Crippen LogP) is 3.80. The summed E-state index contributed by atoms with van der Waals surface area (Å²) in [7, 11) is -1.18. The number of hydrogen-bond acceptors (Lipinski definition) is 0. The molecule has 0 amide bonds. The lowest BCUT2D eigenvalue weighted by atomic mass is 10.3. The lowest BCUT2D eigenvalue weighted by molar-refractivity contribution is 0.593. The summed E-state index contributed by atoms with van der Waals surface area (Å²) in [4.78, 5) is 0. The van der Waals surface area contributed by atoms with Crippen LogP contribution in [0.2, 0.25) is 0 Å². The monoisotopic (exact) mass is 234 g/mol. The Hall–Kier alpha value is -0.560. The van der Waals surface area contributed by atoms with Crippen LogP contribution in [-0.2, 0) is 0 Å². The molecule has 84 valence electrons. The summed E-state index contributed by atoms with van der Waals surface area (Å²) < 4.78 is 38.9. The highest BCUT2D eigenvalue weighted by Crippen LogP contribution is 2.36. The number of rotatable bonds is 5. The fourth-order valence-corrected chi connectivity index (χ4v) is 3.19. The second-order valence-corrected chi connectivity index (χ2v) is 5.58. The highest BCUT2D eigenvalue weighted by Gasteiger charge is 2.15. The van der Waals surface area contributed by atoms with Crippen LogP contribution in [0, 0.1) is 11.6 Å². The molecule has 1 atom stereocenters. The van der Waals surface area contributed by atoms with Gasteiger partial charge in [-0.2, -0.15) is 0 Å². The van der Waals surface area contributed by atoms with Crippen LogP contribution in [0.5, 0.6) is 0 Å². The van der Waals surface area contributed by atoms with Gasteiger partial charge >= 0.3 is 0 Å². The van der Waals surface area contributed by atoms with Crippen molar-refractivity contribution in [2.45, 2.75) is 19.8 Å². The van der Waals surface area contributed by atoms with Crippen molar-refractivity contribution in [1.82, 2.24) is 0 Å². The molecule has 0 radical (unpaired) electrons. The molecule has 1 aromatic rings. The zero-order valence-electron chi connectivity index (χ0n) is 8.64. The van der Waals surface area contributed by atoms with Crippen LogP contribution in [-0.4, -0.2) is 12.6 Å². The molecule has 0 nitrogen and oxygen atoms in total. The van der Waals surface area contributed by atoms with Crippen molar-refractivity contribution in [3.8, 4) is 0 Å². The first kappa shape index (κ1) is 12.5. The number of hydrogen-bond donors (Lipinski definition) is 0. The fourth-order valence-electron chi connectivity index (χ4n) is 1.32. The molecule has 0 bridgehead atoms. The number of alkyl halides is 1. The van der Waals surface area contributed by atoms with Crippen LogP contribution < -0.4 is 5.30 Å². The maximum absolute atomic E-state index is 13.3. The Morgan fingerprint density at radius 2 is 2.00 bits per heavy atom. The van der Waals surface area contributed by atoms with E-state index >= 15 is 0 Å². The van der Waals surface area contributed by atoms with Gasteiger partial charge in [0.2, 0.25) is 0 Å². The van der Waals surface area contributed by atoms with Crippen LogP contribution >= 0.6 is 7.92 Å². The molecule has 15 heavy (non-hydrogen) atoms. The van der Waals surface area contributed by atoms with Crippen molar-refractivity contribution >= 4 is 13.2 Å². The average Bonchev–Trinajstić information content (AvgIpc) is 2.24. The van der Waals surface area contributed by atoms with Gasteiger partial charge < -0.3 is 0 Å². The number of unbranched alkanes of at least 4 members (excludes halogenated alkanes) is 1. The van der Waals surface area contributed by atoms with E-state index in [1.165, 1.54) is 0 Å². The highest BCUT2D eigenvalue weighted by molar-refractivity contribution is 7.65. The third-order valence-electron chi connectivity index (χ3n) is 2.17. The van der Waals surface area contributed by atoms with Gasteiger partial charge in [0.05, 0.1) is 0 Å². The Kier molecular flexibility index (Phi) is 5.10. The zero-order chi connectivity index (χ0) is 11.3.